The van der Waals surface area contributed by atoms with Gasteiger partial charge in [-0.25, -0.2) is 4.98 Å². The molecule has 1 aromatic heterocycles. The lowest BCUT2D eigenvalue weighted by Gasteiger charge is -2.55. The summed E-state index contributed by atoms with van der Waals surface area (Å²) in [6.07, 6.45) is 8.08. The van der Waals surface area contributed by atoms with Gasteiger partial charge in [0.05, 0.1) is 10.7 Å². The molecule has 21 heavy (non-hydrogen) atoms. The molecular weight excluding hydrogens is 278 g/mol. The van der Waals surface area contributed by atoms with E-state index >= 15 is 0 Å². The van der Waals surface area contributed by atoms with E-state index in [1.165, 1.54) is 49.2 Å². The van der Waals surface area contributed by atoms with E-state index in [4.69, 9.17) is 4.98 Å². The predicted octanol–water partition coefficient (Wildman–Crippen LogP) is 3.73. The van der Waals surface area contributed by atoms with E-state index in [-0.39, 0.29) is 5.54 Å². The van der Waals surface area contributed by atoms with Crippen LogP contribution in [0, 0.1) is 6.92 Å². The molecule has 1 saturated carbocycles. The van der Waals surface area contributed by atoms with Gasteiger partial charge in [0.1, 0.15) is 0 Å². The van der Waals surface area contributed by atoms with E-state index in [2.05, 4.69) is 36.4 Å². The molecule has 0 radical (unpaired) electrons. The van der Waals surface area contributed by atoms with Crippen LogP contribution < -0.4 is 5.32 Å². The maximum absolute atomic E-state index is 4.71. The third kappa shape index (κ3) is 3.17. The smallest absolute Gasteiger partial charge is 0.0897 e. The molecule has 1 atom stereocenters. The molecule has 0 aromatic carbocycles. The second-order valence-electron chi connectivity index (χ2n) is 7.27. The Hall–Kier alpha value is -0.450. The summed E-state index contributed by atoms with van der Waals surface area (Å²) in [6, 6.07) is 0. The maximum Gasteiger partial charge on any atom is 0.0897 e. The van der Waals surface area contributed by atoms with Crippen molar-refractivity contribution in [3.8, 4) is 0 Å². The van der Waals surface area contributed by atoms with Crippen LogP contribution in [0.1, 0.15) is 63.1 Å². The molecule has 1 spiro atoms. The van der Waals surface area contributed by atoms with Gasteiger partial charge < -0.3 is 5.32 Å². The van der Waals surface area contributed by atoms with Crippen molar-refractivity contribution in [2.24, 2.45) is 0 Å². The molecule has 2 aliphatic rings. The lowest BCUT2D eigenvalue weighted by Crippen LogP contribution is -2.69. The zero-order chi connectivity index (χ0) is 14.9. The molecule has 1 saturated heterocycles. The molecule has 1 unspecified atom stereocenters. The molecule has 1 N–H and O–H groups in total. The number of hydrogen-bond donors (Lipinski definition) is 1. The first-order chi connectivity index (χ1) is 10.1. The van der Waals surface area contributed by atoms with Crippen LogP contribution in [0.5, 0.6) is 0 Å². The van der Waals surface area contributed by atoms with Gasteiger partial charge in [0.2, 0.25) is 0 Å². The largest absolute Gasteiger partial charge is 0.308 e. The lowest BCUT2D eigenvalue weighted by atomic mass is 9.76. The van der Waals surface area contributed by atoms with Gasteiger partial charge in [0.15, 0.2) is 0 Å². The highest BCUT2D eigenvalue weighted by Crippen LogP contribution is 2.38. The van der Waals surface area contributed by atoms with Gasteiger partial charge in [0.25, 0.3) is 0 Å². The predicted molar refractivity (Wildman–Crippen MR) is 89.8 cm³/mol. The molecule has 2 fully saturated rings. The van der Waals surface area contributed by atoms with Crippen LogP contribution in [-0.2, 0) is 6.54 Å². The molecule has 4 heteroatoms. The zero-order valence-electron chi connectivity index (χ0n) is 13.7. The number of aryl methyl sites for hydroxylation is 1. The molecule has 1 aliphatic heterocycles. The SMILES string of the molecule is CCC1(C)CN(Cc2csc(C)n2)C2(CCCCC2)CN1. The highest BCUT2D eigenvalue weighted by Gasteiger charge is 2.45. The maximum atomic E-state index is 4.71. The number of thiazole rings is 1. The summed E-state index contributed by atoms with van der Waals surface area (Å²) in [4.78, 5) is 7.48. The summed E-state index contributed by atoms with van der Waals surface area (Å²) in [5, 5.41) is 7.31. The van der Waals surface area contributed by atoms with Crippen molar-refractivity contribution in [2.45, 2.75) is 76.9 Å². The van der Waals surface area contributed by atoms with Crippen molar-refractivity contribution < 1.29 is 0 Å². The molecule has 2 heterocycles. The monoisotopic (exact) mass is 307 g/mol. The third-order valence-corrected chi connectivity index (χ3v) is 6.46. The van der Waals surface area contributed by atoms with Gasteiger partial charge in [-0.3, -0.25) is 4.90 Å². The summed E-state index contributed by atoms with van der Waals surface area (Å²) in [5.41, 5.74) is 1.90. The first-order valence-electron chi connectivity index (χ1n) is 8.46. The normalized spacial score (nSPS) is 29.9. The van der Waals surface area contributed by atoms with Crippen molar-refractivity contribution >= 4 is 11.3 Å². The van der Waals surface area contributed by atoms with Gasteiger partial charge >= 0.3 is 0 Å². The average Bonchev–Trinajstić information content (AvgIpc) is 2.90. The topological polar surface area (TPSA) is 28.2 Å². The minimum Gasteiger partial charge on any atom is -0.308 e. The van der Waals surface area contributed by atoms with Crippen molar-refractivity contribution in [3.05, 3.63) is 16.1 Å². The quantitative estimate of drug-likeness (QED) is 0.922. The molecule has 1 aliphatic carbocycles. The summed E-state index contributed by atoms with van der Waals surface area (Å²) in [6.45, 7) is 10.1. The van der Waals surface area contributed by atoms with Gasteiger partial charge in [-0.2, -0.15) is 0 Å². The number of nitrogens with zero attached hydrogens (tertiary/aromatic N) is 2. The van der Waals surface area contributed by atoms with Crippen LogP contribution in [0.4, 0.5) is 0 Å². The fraction of sp³-hybridized carbons (Fsp3) is 0.824. The molecule has 3 nitrogen and oxygen atoms in total. The number of nitrogens with one attached hydrogen (secondary N) is 1. The fourth-order valence-corrected chi connectivity index (χ4v) is 4.58. The number of rotatable bonds is 3. The van der Waals surface area contributed by atoms with Crippen LogP contribution in [0.25, 0.3) is 0 Å². The Kier molecular flexibility index (Phi) is 4.40. The van der Waals surface area contributed by atoms with Crippen molar-refractivity contribution in [2.75, 3.05) is 13.1 Å². The fourth-order valence-electron chi connectivity index (χ4n) is 3.97. The van der Waals surface area contributed by atoms with E-state index in [9.17, 15) is 0 Å². The molecule has 0 bridgehead atoms. The summed E-state index contributed by atoms with van der Waals surface area (Å²) >= 11 is 1.78. The van der Waals surface area contributed by atoms with E-state index < -0.39 is 0 Å². The number of hydrogen-bond acceptors (Lipinski definition) is 4. The molecule has 0 amide bonds. The van der Waals surface area contributed by atoms with Crippen LogP contribution in [-0.4, -0.2) is 34.1 Å². The highest BCUT2D eigenvalue weighted by atomic mass is 32.1. The highest BCUT2D eigenvalue weighted by molar-refractivity contribution is 7.09. The number of piperazine rings is 1. The van der Waals surface area contributed by atoms with Crippen LogP contribution in [0.2, 0.25) is 0 Å². The first-order valence-corrected chi connectivity index (χ1v) is 9.34. The Labute approximate surface area is 133 Å². The number of aromatic nitrogens is 1. The molecule has 1 aromatic rings. The van der Waals surface area contributed by atoms with E-state index in [0.29, 0.717) is 5.54 Å². The summed E-state index contributed by atoms with van der Waals surface area (Å²) in [7, 11) is 0. The first kappa shape index (κ1) is 15.4. The second kappa shape index (κ2) is 5.98. The Balaban J connectivity index is 1.81. The third-order valence-electron chi connectivity index (χ3n) is 5.64. The lowest BCUT2D eigenvalue weighted by molar-refractivity contribution is -0.0223. The van der Waals surface area contributed by atoms with Crippen molar-refractivity contribution in [3.63, 3.8) is 0 Å². The Bertz CT molecular complexity index is 478. The molecular formula is C17H29N3S. The van der Waals surface area contributed by atoms with Gasteiger partial charge in [-0.05, 0) is 33.1 Å². The minimum absolute atomic E-state index is 0.258. The van der Waals surface area contributed by atoms with Gasteiger partial charge in [-0.15, -0.1) is 11.3 Å². The Morgan fingerprint density at radius 1 is 1.33 bits per heavy atom. The standard InChI is InChI=1S/C17H29N3S/c1-4-16(3)13-20(10-15-11-21-14(2)19-15)17(12-18-16)8-6-5-7-9-17/h11,18H,4-10,12-13H2,1-3H3. The molecule has 3 rings (SSSR count). The van der Waals surface area contributed by atoms with E-state index in [1.807, 2.05) is 0 Å². The van der Waals surface area contributed by atoms with Gasteiger partial charge in [0, 0.05) is 36.1 Å². The van der Waals surface area contributed by atoms with Crippen molar-refractivity contribution in [1.29, 1.82) is 0 Å². The van der Waals surface area contributed by atoms with Crippen LogP contribution >= 0.6 is 11.3 Å². The van der Waals surface area contributed by atoms with Crippen LogP contribution in [0.15, 0.2) is 5.38 Å². The van der Waals surface area contributed by atoms with Crippen LogP contribution in [0.3, 0.4) is 0 Å². The zero-order valence-corrected chi connectivity index (χ0v) is 14.6. The van der Waals surface area contributed by atoms with Crippen molar-refractivity contribution in [1.82, 2.24) is 15.2 Å². The Morgan fingerprint density at radius 2 is 2.10 bits per heavy atom. The minimum atomic E-state index is 0.258. The Morgan fingerprint density at radius 3 is 2.71 bits per heavy atom. The van der Waals surface area contributed by atoms with E-state index in [1.54, 1.807) is 11.3 Å². The summed E-state index contributed by atoms with van der Waals surface area (Å²) in [5.74, 6) is 0. The average molecular weight is 308 g/mol. The van der Waals surface area contributed by atoms with Gasteiger partial charge in [-0.1, -0.05) is 26.2 Å². The van der Waals surface area contributed by atoms with E-state index in [0.717, 1.165) is 19.6 Å². The second-order valence-corrected chi connectivity index (χ2v) is 8.33. The summed E-state index contributed by atoms with van der Waals surface area (Å²) < 4.78 is 0. The molecule has 118 valence electrons.